The molecule has 0 spiro atoms. The molecule has 0 aliphatic heterocycles. The minimum Gasteiger partial charge on any atom is -0.508 e. The summed E-state index contributed by atoms with van der Waals surface area (Å²) in [6.07, 6.45) is 2.87. The van der Waals surface area contributed by atoms with Crippen LogP contribution in [0.3, 0.4) is 0 Å². The van der Waals surface area contributed by atoms with Crippen molar-refractivity contribution in [1.29, 1.82) is 0 Å². The van der Waals surface area contributed by atoms with E-state index in [1.807, 2.05) is 13.0 Å². The maximum atomic E-state index is 14.3. The number of benzene rings is 2. The summed E-state index contributed by atoms with van der Waals surface area (Å²) in [6, 6.07) is 7.82. The number of aromatic hydroxyl groups is 2. The summed E-state index contributed by atoms with van der Waals surface area (Å²) in [5.41, 5.74) is 3.94. The molecule has 0 bridgehead atoms. The molecule has 2 aromatic rings. The van der Waals surface area contributed by atoms with Crippen LogP contribution in [-0.4, -0.2) is 10.2 Å². The lowest BCUT2D eigenvalue weighted by molar-refractivity contribution is 0.406. The van der Waals surface area contributed by atoms with Gasteiger partial charge in [-0.15, -0.1) is 0 Å². The van der Waals surface area contributed by atoms with Gasteiger partial charge >= 0.3 is 0 Å². The SMILES string of the molecule is CCC1=C(c2ccc(O)c(F)c2F)CCCc2cc(O)ccc21. The van der Waals surface area contributed by atoms with Crippen molar-refractivity contribution in [2.24, 2.45) is 0 Å². The van der Waals surface area contributed by atoms with Gasteiger partial charge < -0.3 is 10.2 Å². The number of halogens is 2. The summed E-state index contributed by atoms with van der Waals surface area (Å²) in [5, 5.41) is 19.0. The third-order valence-corrected chi connectivity index (χ3v) is 4.39. The van der Waals surface area contributed by atoms with Crippen molar-refractivity contribution in [3.8, 4) is 11.5 Å². The molecule has 0 fully saturated rings. The predicted octanol–water partition coefficient (Wildman–Crippen LogP) is 5.03. The van der Waals surface area contributed by atoms with Crippen LogP contribution < -0.4 is 0 Å². The Morgan fingerprint density at radius 1 is 0.957 bits per heavy atom. The molecule has 3 rings (SSSR count). The summed E-state index contributed by atoms with van der Waals surface area (Å²) in [6.45, 7) is 1.98. The molecule has 0 aromatic heterocycles. The van der Waals surface area contributed by atoms with Crippen LogP contribution in [0.25, 0.3) is 11.1 Å². The lowest BCUT2D eigenvalue weighted by Gasteiger charge is -2.15. The van der Waals surface area contributed by atoms with Crippen molar-refractivity contribution in [2.45, 2.75) is 32.6 Å². The lowest BCUT2D eigenvalue weighted by atomic mass is 9.90. The minimum atomic E-state index is -1.21. The van der Waals surface area contributed by atoms with Crippen molar-refractivity contribution in [2.75, 3.05) is 0 Å². The van der Waals surface area contributed by atoms with E-state index < -0.39 is 17.4 Å². The van der Waals surface area contributed by atoms with Gasteiger partial charge in [0.2, 0.25) is 5.82 Å². The first kappa shape index (κ1) is 15.5. The van der Waals surface area contributed by atoms with Gasteiger partial charge in [0.1, 0.15) is 5.75 Å². The zero-order valence-corrected chi connectivity index (χ0v) is 12.9. The first-order valence-corrected chi connectivity index (χ1v) is 7.74. The molecule has 0 unspecified atom stereocenters. The molecule has 0 atom stereocenters. The zero-order valence-electron chi connectivity index (χ0n) is 12.9. The molecule has 2 aromatic carbocycles. The average molecular weight is 316 g/mol. The Bertz CT molecular complexity index is 794. The van der Waals surface area contributed by atoms with E-state index in [0.29, 0.717) is 12.8 Å². The van der Waals surface area contributed by atoms with Crippen LogP contribution in [0.4, 0.5) is 8.78 Å². The maximum absolute atomic E-state index is 14.3. The normalized spacial score (nSPS) is 14.6. The van der Waals surface area contributed by atoms with Gasteiger partial charge in [0.15, 0.2) is 11.6 Å². The molecule has 1 aliphatic rings. The van der Waals surface area contributed by atoms with E-state index in [9.17, 15) is 19.0 Å². The first-order valence-electron chi connectivity index (χ1n) is 7.74. The van der Waals surface area contributed by atoms with E-state index in [2.05, 4.69) is 0 Å². The monoisotopic (exact) mass is 316 g/mol. The summed E-state index contributed by atoms with van der Waals surface area (Å²) < 4.78 is 28.1. The maximum Gasteiger partial charge on any atom is 0.200 e. The van der Waals surface area contributed by atoms with Crippen LogP contribution in [0.15, 0.2) is 30.3 Å². The predicted molar refractivity (Wildman–Crippen MR) is 86.2 cm³/mol. The number of hydrogen-bond donors (Lipinski definition) is 2. The Morgan fingerprint density at radius 2 is 1.70 bits per heavy atom. The highest BCUT2D eigenvalue weighted by atomic mass is 19.2. The topological polar surface area (TPSA) is 40.5 Å². The van der Waals surface area contributed by atoms with E-state index in [-0.39, 0.29) is 11.3 Å². The number of allylic oxidation sites excluding steroid dienone is 2. The fraction of sp³-hybridized carbons (Fsp3) is 0.263. The van der Waals surface area contributed by atoms with E-state index in [0.717, 1.165) is 35.1 Å². The van der Waals surface area contributed by atoms with E-state index in [1.165, 1.54) is 12.1 Å². The van der Waals surface area contributed by atoms with Crippen LogP contribution >= 0.6 is 0 Å². The Kier molecular flexibility index (Phi) is 4.07. The molecule has 4 heteroatoms. The summed E-state index contributed by atoms with van der Waals surface area (Å²) >= 11 is 0. The number of phenolic OH excluding ortho intramolecular Hbond substituents is 2. The fourth-order valence-electron chi connectivity index (χ4n) is 3.32. The second-order valence-electron chi connectivity index (χ2n) is 5.77. The molecule has 1 aliphatic carbocycles. The van der Waals surface area contributed by atoms with E-state index in [4.69, 9.17) is 0 Å². The Balaban J connectivity index is 2.24. The number of rotatable bonds is 2. The van der Waals surface area contributed by atoms with Gasteiger partial charge in [-0.2, -0.15) is 4.39 Å². The molecule has 23 heavy (non-hydrogen) atoms. The lowest BCUT2D eigenvalue weighted by Crippen LogP contribution is -1.97. The van der Waals surface area contributed by atoms with Gasteiger partial charge in [0, 0.05) is 5.56 Å². The van der Waals surface area contributed by atoms with Crippen molar-refractivity contribution in [1.82, 2.24) is 0 Å². The number of hydrogen-bond acceptors (Lipinski definition) is 2. The third kappa shape index (κ3) is 2.69. The fourth-order valence-corrected chi connectivity index (χ4v) is 3.32. The molecular formula is C19H18F2O2. The molecule has 120 valence electrons. The van der Waals surface area contributed by atoms with Gasteiger partial charge in [0.25, 0.3) is 0 Å². The van der Waals surface area contributed by atoms with E-state index >= 15 is 0 Å². The zero-order chi connectivity index (χ0) is 16.6. The molecule has 0 saturated heterocycles. The smallest absolute Gasteiger partial charge is 0.200 e. The second kappa shape index (κ2) is 6.03. The van der Waals surface area contributed by atoms with Crippen LogP contribution in [0.5, 0.6) is 11.5 Å². The summed E-state index contributed by atoms with van der Waals surface area (Å²) in [4.78, 5) is 0. The molecule has 2 nitrogen and oxygen atoms in total. The summed E-state index contributed by atoms with van der Waals surface area (Å²) in [7, 11) is 0. The highest BCUT2D eigenvalue weighted by Gasteiger charge is 2.22. The van der Waals surface area contributed by atoms with Crippen molar-refractivity contribution < 1.29 is 19.0 Å². The Labute approximate surface area is 133 Å². The highest BCUT2D eigenvalue weighted by molar-refractivity contribution is 5.92. The van der Waals surface area contributed by atoms with Crippen LogP contribution in [-0.2, 0) is 6.42 Å². The van der Waals surface area contributed by atoms with Crippen LogP contribution in [0.2, 0.25) is 0 Å². The molecule has 0 saturated carbocycles. The van der Waals surface area contributed by atoms with Gasteiger partial charge in [0.05, 0.1) is 0 Å². The van der Waals surface area contributed by atoms with Crippen molar-refractivity contribution in [3.05, 3.63) is 58.7 Å². The second-order valence-corrected chi connectivity index (χ2v) is 5.77. The Morgan fingerprint density at radius 3 is 2.43 bits per heavy atom. The summed E-state index contributed by atoms with van der Waals surface area (Å²) in [5.74, 6) is -2.68. The largest absolute Gasteiger partial charge is 0.508 e. The average Bonchev–Trinajstić information content (AvgIpc) is 2.71. The first-order chi connectivity index (χ1) is 11.0. The van der Waals surface area contributed by atoms with Crippen molar-refractivity contribution in [3.63, 3.8) is 0 Å². The molecule has 0 radical (unpaired) electrons. The standard InChI is InChI=1S/C19H18F2O2/c1-2-13-14-7-6-12(22)10-11(14)4-3-5-15(13)16-8-9-17(23)19(21)18(16)20/h6-10,22-23H,2-5H2,1H3. The van der Waals surface area contributed by atoms with Crippen molar-refractivity contribution >= 4 is 11.1 Å². The molecule has 2 N–H and O–H groups in total. The molecule has 0 amide bonds. The van der Waals surface area contributed by atoms with Crippen LogP contribution in [0.1, 0.15) is 42.9 Å². The minimum absolute atomic E-state index is 0.207. The Hall–Kier alpha value is -2.36. The molecule has 0 heterocycles. The van der Waals surface area contributed by atoms with Gasteiger partial charge in [-0.25, -0.2) is 4.39 Å². The van der Waals surface area contributed by atoms with Gasteiger partial charge in [-0.3, -0.25) is 0 Å². The molecular weight excluding hydrogens is 298 g/mol. The quantitative estimate of drug-likeness (QED) is 0.815. The highest BCUT2D eigenvalue weighted by Crippen LogP contribution is 2.40. The van der Waals surface area contributed by atoms with Gasteiger partial charge in [-0.1, -0.05) is 13.0 Å². The van der Waals surface area contributed by atoms with Crippen LogP contribution in [0, 0.1) is 11.6 Å². The van der Waals surface area contributed by atoms with Gasteiger partial charge in [-0.05, 0) is 72.2 Å². The number of phenols is 2. The third-order valence-electron chi connectivity index (χ3n) is 4.39. The van der Waals surface area contributed by atoms with E-state index in [1.54, 1.807) is 12.1 Å². The number of fused-ring (bicyclic) bond motifs is 1. The number of aryl methyl sites for hydroxylation is 1.